The average molecular weight is 372 g/mol. The number of hydrogen-bond acceptors (Lipinski definition) is 4. The van der Waals surface area contributed by atoms with E-state index in [0.717, 1.165) is 30.4 Å². The minimum atomic E-state index is -0.587. The molecule has 0 bridgehead atoms. The number of benzene rings is 2. The minimum Gasteiger partial charge on any atom is -0.423 e. The molecule has 2 rings (SSSR count). The lowest BCUT2D eigenvalue weighted by atomic mass is 9.98. The van der Waals surface area contributed by atoms with Crippen molar-refractivity contribution in [1.82, 2.24) is 0 Å². The number of hydrogen-bond donors (Lipinski definition) is 2. The minimum absolute atomic E-state index is 0.00755. The number of aliphatic hydroxyl groups is 2. The highest BCUT2D eigenvalue weighted by Gasteiger charge is 2.11. The van der Waals surface area contributed by atoms with Gasteiger partial charge in [0.1, 0.15) is 11.6 Å². The van der Waals surface area contributed by atoms with Crippen molar-refractivity contribution >= 4 is 5.97 Å². The molecule has 27 heavy (non-hydrogen) atoms. The SMILES string of the molecule is C=C(C)C(=O)Oc1ccc(-c2ccc(CCCC(CO)CO)cc2)c(F)c1. The number of rotatable bonds is 9. The maximum absolute atomic E-state index is 14.4. The largest absolute Gasteiger partial charge is 0.423 e. The van der Waals surface area contributed by atoms with E-state index < -0.39 is 11.8 Å². The van der Waals surface area contributed by atoms with Crippen molar-refractivity contribution in [2.24, 2.45) is 5.92 Å². The van der Waals surface area contributed by atoms with E-state index in [1.54, 1.807) is 12.1 Å². The second kappa shape index (κ2) is 10.00. The number of carbonyl (C=O) groups is 1. The zero-order chi connectivity index (χ0) is 19.8. The van der Waals surface area contributed by atoms with E-state index in [2.05, 4.69) is 6.58 Å². The van der Waals surface area contributed by atoms with E-state index in [4.69, 9.17) is 14.9 Å². The van der Waals surface area contributed by atoms with Crippen molar-refractivity contribution in [2.75, 3.05) is 13.2 Å². The fourth-order valence-corrected chi connectivity index (χ4v) is 2.67. The van der Waals surface area contributed by atoms with Gasteiger partial charge in [0.2, 0.25) is 0 Å². The second-order valence-corrected chi connectivity index (χ2v) is 6.63. The standard InChI is InChI=1S/C22H25FO4/c1-15(2)22(26)27-19-10-11-20(21(23)12-19)18-8-6-16(7-9-18)4-3-5-17(13-24)14-25/h6-12,17,24-25H,1,3-5,13-14H2,2H3. The molecule has 0 aliphatic rings. The summed E-state index contributed by atoms with van der Waals surface area (Å²) in [4.78, 5) is 11.5. The number of esters is 1. The van der Waals surface area contributed by atoms with Crippen LogP contribution in [0.3, 0.4) is 0 Å². The number of carbonyl (C=O) groups excluding carboxylic acids is 1. The van der Waals surface area contributed by atoms with Crippen molar-refractivity contribution in [2.45, 2.75) is 26.2 Å². The molecule has 0 aliphatic heterocycles. The van der Waals surface area contributed by atoms with Crippen molar-refractivity contribution in [1.29, 1.82) is 0 Å². The summed E-state index contributed by atoms with van der Waals surface area (Å²) in [6.45, 7) is 5.01. The first-order valence-electron chi connectivity index (χ1n) is 8.93. The summed E-state index contributed by atoms with van der Waals surface area (Å²) in [5.41, 5.74) is 2.52. The molecule has 0 unspecified atom stereocenters. The maximum atomic E-state index is 14.4. The number of ether oxygens (including phenoxy) is 1. The quantitative estimate of drug-likeness (QED) is 0.398. The Balaban J connectivity index is 2.02. The third-order valence-electron chi connectivity index (χ3n) is 4.36. The monoisotopic (exact) mass is 372 g/mol. The fourth-order valence-electron chi connectivity index (χ4n) is 2.67. The Bertz CT molecular complexity index is 779. The molecule has 2 aromatic rings. The topological polar surface area (TPSA) is 66.8 Å². The van der Waals surface area contributed by atoms with Gasteiger partial charge in [0.15, 0.2) is 0 Å². The van der Waals surface area contributed by atoms with Crippen molar-refractivity contribution < 1.29 is 24.1 Å². The predicted molar refractivity (Wildman–Crippen MR) is 103 cm³/mol. The van der Waals surface area contributed by atoms with Crippen LogP contribution in [0.1, 0.15) is 25.3 Å². The third kappa shape index (κ3) is 6.01. The normalized spacial score (nSPS) is 10.9. The Labute approximate surface area is 158 Å². The Hall–Kier alpha value is -2.50. The lowest BCUT2D eigenvalue weighted by Gasteiger charge is -2.11. The van der Waals surface area contributed by atoms with Crippen LogP contribution >= 0.6 is 0 Å². The summed E-state index contributed by atoms with van der Waals surface area (Å²) >= 11 is 0. The molecule has 2 N–H and O–H groups in total. The molecule has 0 saturated heterocycles. The summed E-state index contributed by atoms with van der Waals surface area (Å²) in [6, 6.07) is 11.9. The lowest BCUT2D eigenvalue weighted by molar-refractivity contribution is -0.130. The van der Waals surface area contributed by atoms with E-state index in [-0.39, 0.29) is 30.5 Å². The van der Waals surface area contributed by atoms with Crippen LogP contribution in [0.4, 0.5) is 4.39 Å². The van der Waals surface area contributed by atoms with E-state index in [0.29, 0.717) is 5.56 Å². The van der Waals surface area contributed by atoms with Crippen LogP contribution in [-0.2, 0) is 11.2 Å². The van der Waals surface area contributed by atoms with E-state index >= 15 is 0 Å². The van der Waals surface area contributed by atoms with Gasteiger partial charge in [0.25, 0.3) is 0 Å². The molecule has 0 atom stereocenters. The Kier molecular flexibility index (Phi) is 7.70. The number of halogens is 1. The molecule has 0 aliphatic carbocycles. The van der Waals surface area contributed by atoms with Crippen molar-refractivity contribution in [3.05, 3.63) is 66.0 Å². The molecule has 144 valence electrons. The zero-order valence-corrected chi connectivity index (χ0v) is 15.5. The van der Waals surface area contributed by atoms with Crippen LogP contribution in [0.15, 0.2) is 54.6 Å². The van der Waals surface area contributed by atoms with Gasteiger partial charge >= 0.3 is 5.97 Å². The van der Waals surface area contributed by atoms with Crippen LogP contribution < -0.4 is 4.74 Å². The zero-order valence-electron chi connectivity index (χ0n) is 15.5. The summed E-state index contributed by atoms with van der Waals surface area (Å²) in [6.07, 6.45) is 2.45. The first-order valence-corrected chi connectivity index (χ1v) is 8.93. The third-order valence-corrected chi connectivity index (χ3v) is 4.36. The van der Waals surface area contributed by atoms with E-state index in [1.807, 2.05) is 24.3 Å². The fraction of sp³-hybridized carbons (Fsp3) is 0.318. The lowest BCUT2D eigenvalue weighted by Crippen LogP contribution is -2.10. The first kappa shape index (κ1) is 20.8. The molecular formula is C22H25FO4. The van der Waals surface area contributed by atoms with Crippen molar-refractivity contribution in [3.63, 3.8) is 0 Å². The summed E-state index contributed by atoms with van der Waals surface area (Å²) in [5.74, 6) is -0.987. The highest BCUT2D eigenvalue weighted by molar-refractivity contribution is 5.88. The summed E-state index contributed by atoms with van der Waals surface area (Å²) in [7, 11) is 0. The van der Waals surface area contributed by atoms with Gasteiger partial charge in [-0.25, -0.2) is 9.18 Å². The van der Waals surface area contributed by atoms with E-state index in [9.17, 15) is 9.18 Å². The van der Waals surface area contributed by atoms with Crippen LogP contribution in [0.2, 0.25) is 0 Å². The molecule has 0 heterocycles. The molecular weight excluding hydrogens is 347 g/mol. The van der Waals surface area contributed by atoms with Gasteiger partial charge in [-0.1, -0.05) is 30.8 Å². The van der Waals surface area contributed by atoms with Gasteiger partial charge in [-0.3, -0.25) is 0 Å². The van der Waals surface area contributed by atoms with Gasteiger partial charge in [0.05, 0.1) is 0 Å². The van der Waals surface area contributed by atoms with Gasteiger partial charge in [-0.2, -0.15) is 0 Å². The van der Waals surface area contributed by atoms with E-state index in [1.165, 1.54) is 13.0 Å². The molecule has 0 saturated carbocycles. The predicted octanol–water partition coefficient (Wildman–Crippen LogP) is 3.90. The van der Waals surface area contributed by atoms with Crippen LogP contribution in [0.25, 0.3) is 11.1 Å². The highest BCUT2D eigenvalue weighted by Crippen LogP contribution is 2.27. The maximum Gasteiger partial charge on any atom is 0.338 e. The molecule has 0 amide bonds. The summed E-state index contributed by atoms with van der Waals surface area (Å²) < 4.78 is 19.4. The molecule has 0 aromatic heterocycles. The van der Waals surface area contributed by atoms with Crippen LogP contribution in [0, 0.1) is 11.7 Å². The molecule has 0 radical (unpaired) electrons. The van der Waals surface area contributed by atoms with Crippen LogP contribution in [0.5, 0.6) is 5.75 Å². The molecule has 4 nitrogen and oxygen atoms in total. The second-order valence-electron chi connectivity index (χ2n) is 6.63. The summed E-state index contributed by atoms with van der Waals surface area (Å²) in [5, 5.41) is 18.2. The van der Waals surface area contributed by atoms with Gasteiger partial charge in [-0.05, 0) is 49.4 Å². The average Bonchev–Trinajstić information content (AvgIpc) is 2.66. The Morgan fingerprint density at radius 1 is 1.15 bits per heavy atom. The van der Waals surface area contributed by atoms with Crippen molar-refractivity contribution in [3.8, 4) is 16.9 Å². The molecule has 0 fully saturated rings. The number of aryl methyl sites for hydroxylation is 1. The smallest absolute Gasteiger partial charge is 0.338 e. The van der Waals surface area contributed by atoms with Gasteiger partial charge in [0, 0.05) is 36.3 Å². The van der Waals surface area contributed by atoms with Gasteiger partial charge < -0.3 is 14.9 Å². The molecule has 2 aromatic carbocycles. The molecule has 0 spiro atoms. The van der Waals surface area contributed by atoms with Crippen LogP contribution in [-0.4, -0.2) is 29.4 Å². The number of aliphatic hydroxyl groups excluding tert-OH is 2. The Morgan fingerprint density at radius 3 is 2.37 bits per heavy atom. The van der Waals surface area contributed by atoms with Gasteiger partial charge in [-0.15, -0.1) is 0 Å². The highest BCUT2D eigenvalue weighted by atomic mass is 19.1. The Morgan fingerprint density at radius 2 is 1.81 bits per heavy atom. The molecule has 5 heteroatoms. The first-order chi connectivity index (χ1) is 12.9.